The zero-order valence-electron chi connectivity index (χ0n) is 18.1. The number of ether oxygens (including phenoxy) is 2. The van der Waals surface area contributed by atoms with Crippen LogP contribution in [-0.4, -0.2) is 34.2 Å². The van der Waals surface area contributed by atoms with Gasteiger partial charge >= 0.3 is 5.97 Å². The van der Waals surface area contributed by atoms with Crippen molar-refractivity contribution in [3.05, 3.63) is 86.9 Å². The van der Waals surface area contributed by atoms with Gasteiger partial charge in [0.25, 0.3) is 11.1 Å². The van der Waals surface area contributed by atoms with Gasteiger partial charge in [-0.25, -0.2) is 9.18 Å². The van der Waals surface area contributed by atoms with Gasteiger partial charge in [-0.15, -0.1) is 0 Å². The molecule has 35 heavy (non-hydrogen) atoms. The van der Waals surface area contributed by atoms with Crippen molar-refractivity contribution in [2.75, 3.05) is 7.11 Å². The fourth-order valence-corrected chi connectivity index (χ4v) is 4.30. The van der Waals surface area contributed by atoms with Gasteiger partial charge in [0.15, 0.2) is 11.5 Å². The molecule has 0 atom stereocenters. The van der Waals surface area contributed by atoms with E-state index in [1.54, 1.807) is 18.2 Å². The van der Waals surface area contributed by atoms with Gasteiger partial charge in [0.2, 0.25) is 5.76 Å². The molecule has 0 aliphatic carbocycles. The summed E-state index contributed by atoms with van der Waals surface area (Å²) >= 11 is 6.77. The Bertz CT molecular complexity index is 1330. The Morgan fingerprint density at radius 3 is 2.69 bits per heavy atom. The summed E-state index contributed by atoms with van der Waals surface area (Å²) < 4.78 is 30.3. The van der Waals surface area contributed by atoms with Crippen LogP contribution in [-0.2, 0) is 17.9 Å². The van der Waals surface area contributed by atoms with E-state index in [9.17, 15) is 18.8 Å². The van der Waals surface area contributed by atoms with Gasteiger partial charge in [-0.3, -0.25) is 14.5 Å². The highest BCUT2D eigenvalue weighted by atomic mass is 35.5. The predicted molar refractivity (Wildman–Crippen MR) is 126 cm³/mol. The SMILES string of the molecule is COc1cc(/C=C2\SC(=O)N(Cc3c(F)cccc3Cl)C2=O)ccc1OCc1ccc(C(=O)O)o1. The van der Waals surface area contributed by atoms with Crippen molar-refractivity contribution in [3.63, 3.8) is 0 Å². The van der Waals surface area contributed by atoms with Crippen LogP contribution in [0.1, 0.15) is 27.4 Å². The number of hydrogen-bond donors (Lipinski definition) is 1. The maximum Gasteiger partial charge on any atom is 0.371 e. The predicted octanol–water partition coefficient (Wildman–Crippen LogP) is 5.59. The minimum absolute atomic E-state index is 0.0273. The summed E-state index contributed by atoms with van der Waals surface area (Å²) in [5.74, 6) is -1.52. The molecule has 2 aromatic carbocycles. The largest absolute Gasteiger partial charge is 0.493 e. The average molecular weight is 518 g/mol. The van der Waals surface area contributed by atoms with Gasteiger partial charge in [-0.05, 0) is 59.8 Å². The fraction of sp³-hybridized carbons (Fsp3) is 0.125. The maximum atomic E-state index is 14.1. The Kier molecular flexibility index (Phi) is 7.13. The number of amides is 2. The summed E-state index contributed by atoms with van der Waals surface area (Å²) in [5, 5.41) is 8.52. The minimum atomic E-state index is -1.18. The molecule has 11 heteroatoms. The first-order chi connectivity index (χ1) is 16.8. The van der Waals surface area contributed by atoms with E-state index in [0.717, 1.165) is 16.7 Å². The Hall–Kier alpha value is -3.76. The summed E-state index contributed by atoms with van der Waals surface area (Å²) in [6.07, 6.45) is 1.52. The van der Waals surface area contributed by atoms with Crippen LogP contribution >= 0.6 is 23.4 Å². The molecule has 0 bridgehead atoms. The molecule has 1 fully saturated rings. The van der Waals surface area contributed by atoms with Crippen LogP contribution in [0.25, 0.3) is 6.08 Å². The van der Waals surface area contributed by atoms with Crippen molar-refractivity contribution in [1.82, 2.24) is 4.90 Å². The molecule has 0 saturated carbocycles. The number of rotatable bonds is 8. The molecule has 1 aliphatic rings. The second-order valence-electron chi connectivity index (χ2n) is 7.24. The number of imide groups is 1. The van der Waals surface area contributed by atoms with Crippen LogP contribution in [0, 0.1) is 5.82 Å². The molecular weight excluding hydrogens is 501 g/mol. The number of thioether (sulfide) groups is 1. The summed E-state index contributed by atoms with van der Waals surface area (Å²) in [5.41, 5.74) is 0.628. The number of carbonyl (C=O) groups excluding carboxylic acids is 2. The second-order valence-corrected chi connectivity index (χ2v) is 8.64. The van der Waals surface area contributed by atoms with Gasteiger partial charge in [-0.2, -0.15) is 0 Å². The molecule has 2 amide bonds. The quantitative estimate of drug-likeness (QED) is 0.385. The fourth-order valence-electron chi connectivity index (χ4n) is 3.24. The molecule has 1 saturated heterocycles. The van der Waals surface area contributed by atoms with E-state index in [1.165, 1.54) is 43.5 Å². The number of hydrogen-bond acceptors (Lipinski definition) is 7. The number of carbonyl (C=O) groups is 3. The summed E-state index contributed by atoms with van der Waals surface area (Å²) in [6.45, 7) is -0.305. The number of benzene rings is 2. The molecule has 0 unspecified atom stereocenters. The summed E-state index contributed by atoms with van der Waals surface area (Å²) in [4.78, 5) is 37.3. The third-order valence-electron chi connectivity index (χ3n) is 4.98. The van der Waals surface area contributed by atoms with Crippen LogP contribution < -0.4 is 9.47 Å². The molecule has 180 valence electrons. The van der Waals surface area contributed by atoms with Crippen molar-refractivity contribution in [3.8, 4) is 11.5 Å². The highest BCUT2D eigenvalue weighted by Gasteiger charge is 2.36. The molecule has 0 spiro atoms. The molecule has 8 nitrogen and oxygen atoms in total. The second kappa shape index (κ2) is 10.2. The van der Waals surface area contributed by atoms with Crippen LogP contribution in [0.3, 0.4) is 0 Å². The number of halogens is 2. The minimum Gasteiger partial charge on any atom is -0.493 e. The van der Waals surface area contributed by atoms with Crippen molar-refractivity contribution in [1.29, 1.82) is 0 Å². The third-order valence-corrected chi connectivity index (χ3v) is 6.24. The monoisotopic (exact) mass is 517 g/mol. The standard InChI is InChI=1S/C24H17ClFNO7S/c1-32-20-9-13(5-7-18(20)33-12-14-6-8-19(34-14)23(29)30)10-21-22(28)27(24(31)35-21)11-15-16(25)3-2-4-17(15)26/h2-10H,11-12H2,1H3,(H,29,30)/b21-10-. The highest BCUT2D eigenvalue weighted by molar-refractivity contribution is 8.18. The van der Waals surface area contributed by atoms with Gasteiger partial charge in [0, 0.05) is 10.6 Å². The van der Waals surface area contributed by atoms with Gasteiger partial charge in [0.05, 0.1) is 18.6 Å². The lowest BCUT2D eigenvalue weighted by Gasteiger charge is -2.14. The maximum absolute atomic E-state index is 14.1. The zero-order valence-corrected chi connectivity index (χ0v) is 19.7. The zero-order chi connectivity index (χ0) is 25.1. The number of methoxy groups -OCH3 is 1. The van der Waals surface area contributed by atoms with E-state index in [1.807, 2.05) is 0 Å². The van der Waals surface area contributed by atoms with Crippen LogP contribution in [0.15, 0.2) is 57.9 Å². The van der Waals surface area contributed by atoms with E-state index in [2.05, 4.69) is 0 Å². The summed E-state index contributed by atoms with van der Waals surface area (Å²) in [7, 11) is 1.44. The Morgan fingerprint density at radius 1 is 1.20 bits per heavy atom. The Labute approximate surface area is 207 Å². The molecule has 3 aromatic rings. The first-order valence-corrected chi connectivity index (χ1v) is 11.3. The van der Waals surface area contributed by atoms with Crippen molar-refractivity contribution >= 4 is 46.6 Å². The van der Waals surface area contributed by atoms with Crippen molar-refractivity contribution in [2.45, 2.75) is 13.2 Å². The molecule has 1 aliphatic heterocycles. The first-order valence-electron chi connectivity index (χ1n) is 10.1. The normalized spacial score (nSPS) is 14.6. The van der Waals surface area contributed by atoms with Crippen molar-refractivity contribution < 1.29 is 37.8 Å². The molecule has 2 heterocycles. The van der Waals surface area contributed by atoms with Crippen LogP contribution in [0.5, 0.6) is 11.5 Å². The van der Waals surface area contributed by atoms with Crippen LogP contribution in [0.2, 0.25) is 5.02 Å². The number of carboxylic acid groups (broad SMARTS) is 1. The molecule has 1 aromatic heterocycles. The number of carboxylic acids is 1. The third kappa shape index (κ3) is 5.33. The van der Waals surface area contributed by atoms with Crippen LogP contribution in [0.4, 0.5) is 9.18 Å². The lowest BCUT2D eigenvalue weighted by Crippen LogP contribution is -2.28. The van der Waals surface area contributed by atoms with E-state index in [0.29, 0.717) is 22.8 Å². The van der Waals surface area contributed by atoms with E-state index in [-0.39, 0.29) is 34.4 Å². The molecule has 1 N–H and O–H groups in total. The number of furan rings is 1. The lowest BCUT2D eigenvalue weighted by atomic mass is 10.1. The topological polar surface area (TPSA) is 106 Å². The molecule has 0 radical (unpaired) electrons. The van der Waals surface area contributed by atoms with Crippen molar-refractivity contribution in [2.24, 2.45) is 0 Å². The van der Waals surface area contributed by atoms with Gasteiger partial charge in [0.1, 0.15) is 18.2 Å². The summed E-state index contributed by atoms with van der Waals surface area (Å²) in [6, 6.07) is 11.8. The smallest absolute Gasteiger partial charge is 0.371 e. The van der Waals surface area contributed by atoms with Gasteiger partial charge < -0.3 is 19.0 Å². The molecular formula is C24H17ClFNO7S. The van der Waals surface area contributed by atoms with E-state index < -0.39 is 22.9 Å². The highest BCUT2D eigenvalue weighted by Crippen LogP contribution is 2.36. The average Bonchev–Trinajstić information content (AvgIpc) is 3.40. The first kappa shape index (κ1) is 24.4. The Balaban J connectivity index is 1.49. The van der Waals surface area contributed by atoms with E-state index in [4.69, 9.17) is 30.6 Å². The number of aromatic carboxylic acids is 1. The number of nitrogens with zero attached hydrogens (tertiary/aromatic N) is 1. The van der Waals surface area contributed by atoms with Gasteiger partial charge in [-0.1, -0.05) is 23.7 Å². The lowest BCUT2D eigenvalue weighted by molar-refractivity contribution is -0.123. The molecule has 4 rings (SSSR count). The Morgan fingerprint density at radius 2 is 2.00 bits per heavy atom. The van der Waals surface area contributed by atoms with E-state index >= 15 is 0 Å².